The largest absolute Gasteiger partial charge is 0.460 e. The van der Waals surface area contributed by atoms with Crippen molar-refractivity contribution < 1.29 is 24.2 Å². The number of carbonyl (C=O) groups excluding carboxylic acids is 2. The Kier molecular flexibility index (Phi) is 5.77. The fourth-order valence-electron chi connectivity index (χ4n) is 4.72. The van der Waals surface area contributed by atoms with Gasteiger partial charge >= 0.3 is 12.1 Å². The first kappa shape index (κ1) is 20.4. The topological polar surface area (TPSA) is 76.1 Å². The molecule has 0 aromatic heterocycles. The summed E-state index contributed by atoms with van der Waals surface area (Å²) >= 11 is 0. The van der Waals surface area contributed by atoms with Crippen molar-refractivity contribution in [3.8, 4) is 0 Å². The first-order valence-corrected chi connectivity index (χ1v) is 10.5. The molecule has 0 spiro atoms. The van der Waals surface area contributed by atoms with E-state index >= 15 is 0 Å². The van der Waals surface area contributed by atoms with Crippen LogP contribution in [0.2, 0.25) is 0 Å². The van der Waals surface area contributed by atoms with Gasteiger partial charge in [-0.1, -0.05) is 60.7 Å². The van der Waals surface area contributed by atoms with Crippen LogP contribution in [0.5, 0.6) is 0 Å². The molecule has 4 rings (SSSR count). The number of ether oxygens (including phenoxy) is 2. The lowest BCUT2D eigenvalue weighted by Crippen LogP contribution is -2.50. The molecule has 2 bridgehead atoms. The molecule has 1 N–H and O–H groups in total. The van der Waals surface area contributed by atoms with Crippen LogP contribution in [0.4, 0.5) is 4.79 Å². The Morgan fingerprint density at radius 1 is 0.967 bits per heavy atom. The minimum atomic E-state index is -1.89. The number of hydrogen-bond donors (Lipinski definition) is 1. The molecule has 2 fully saturated rings. The van der Waals surface area contributed by atoms with Crippen LogP contribution in [0.1, 0.15) is 43.7 Å². The zero-order valence-electron chi connectivity index (χ0n) is 17.1. The van der Waals surface area contributed by atoms with Gasteiger partial charge in [0.05, 0.1) is 6.61 Å². The number of hydrogen-bond acceptors (Lipinski definition) is 5. The third-order valence-electron chi connectivity index (χ3n) is 6.12. The number of fused-ring (bicyclic) bond motifs is 2. The Bertz CT molecular complexity index is 831. The van der Waals surface area contributed by atoms with Crippen LogP contribution < -0.4 is 0 Å². The maximum atomic E-state index is 13.3. The van der Waals surface area contributed by atoms with Crippen molar-refractivity contribution in [2.75, 3.05) is 6.61 Å². The van der Waals surface area contributed by atoms with Gasteiger partial charge in [0, 0.05) is 24.9 Å². The summed E-state index contributed by atoms with van der Waals surface area (Å²) < 4.78 is 11.1. The molecule has 2 aliphatic heterocycles. The molecule has 2 saturated heterocycles. The van der Waals surface area contributed by atoms with Crippen LogP contribution >= 0.6 is 0 Å². The fourth-order valence-corrected chi connectivity index (χ4v) is 4.72. The molecule has 2 atom stereocenters. The van der Waals surface area contributed by atoms with Crippen LogP contribution in [0.15, 0.2) is 60.7 Å². The zero-order valence-corrected chi connectivity index (χ0v) is 17.1. The molecule has 6 nitrogen and oxygen atoms in total. The highest BCUT2D eigenvalue weighted by molar-refractivity contribution is 5.85. The second-order valence-corrected chi connectivity index (χ2v) is 7.93. The normalized spacial score (nSPS) is 23.1. The predicted octanol–water partition coefficient (Wildman–Crippen LogP) is 3.62. The smallest absolute Gasteiger partial charge is 0.410 e. The van der Waals surface area contributed by atoms with E-state index in [1.54, 1.807) is 60.4 Å². The molecule has 0 saturated carbocycles. The summed E-state index contributed by atoms with van der Waals surface area (Å²) in [7, 11) is 0. The van der Waals surface area contributed by atoms with Crippen LogP contribution in [0.25, 0.3) is 0 Å². The van der Waals surface area contributed by atoms with E-state index in [9.17, 15) is 14.7 Å². The number of nitrogens with zero attached hydrogens (tertiary/aromatic N) is 1. The fraction of sp³-hybridized carbons (Fsp3) is 0.417. The molecule has 30 heavy (non-hydrogen) atoms. The molecule has 2 heterocycles. The Morgan fingerprint density at radius 2 is 1.47 bits per heavy atom. The predicted molar refractivity (Wildman–Crippen MR) is 111 cm³/mol. The van der Waals surface area contributed by atoms with Gasteiger partial charge in [-0.3, -0.25) is 0 Å². The van der Waals surface area contributed by atoms with Gasteiger partial charge in [0.15, 0.2) is 0 Å². The van der Waals surface area contributed by atoms with E-state index in [0.717, 1.165) is 12.8 Å². The molecular weight excluding hydrogens is 382 g/mol. The van der Waals surface area contributed by atoms with Crippen molar-refractivity contribution >= 4 is 12.1 Å². The average Bonchev–Trinajstić information content (AvgIpc) is 3.05. The van der Waals surface area contributed by atoms with Gasteiger partial charge in [-0.2, -0.15) is 0 Å². The van der Waals surface area contributed by atoms with Crippen LogP contribution in [0.3, 0.4) is 0 Å². The first-order chi connectivity index (χ1) is 14.5. The lowest BCUT2D eigenvalue weighted by atomic mass is 9.86. The molecule has 0 radical (unpaired) electrons. The maximum Gasteiger partial charge on any atom is 0.410 e. The SMILES string of the molecule is CCOC(=O)N1C2CCC1CC(OC(=O)C(O)(c1ccccc1)c1ccccc1)C2. The number of amides is 1. The number of aliphatic hydroxyl groups is 1. The number of rotatable bonds is 5. The molecule has 158 valence electrons. The minimum absolute atomic E-state index is 0.00198. The van der Waals surface area contributed by atoms with E-state index in [4.69, 9.17) is 9.47 Å². The van der Waals surface area contributed by atoms with Crippen molar-refractivity contribution in [3.05, 3.63) is 71.8 Å². The zero-order chi connectivity index (χ0) is 21.1. The van der Waals surface area contributed by atoms with E-state index in [1.807, 2.05) is 12.1 Å². The summed E-state index contributed by atoms with van der Waals surface area (Å²) in [5, 5.41) is 11.6. The summed E-state index contributed by atoms with van der Waals surface area (Å²) in [5.41, 5.74) is -0.957. The Balaban J connectivity index is 1.54. The van der Waals surface area contributed by atoms with Crippen LogP contribution in [-0.4, -0.2) is 46.9 Å². The van der Waals surface area contributed by atoms with E-state index in [2.05, 4.69) is 0 Å². The minimum Gasteiger partial charge on any atom is -0.460 e. The van der Waals surface area contributed by atoms with Crippen molar-refractivity contribution in [1.82, 2.24) is 4.90 Å². The van der Waals surface area contributed by atoms with Gasteiger partial charge in [-0.15, -0.1) is 0 Å². The van der Waals surface area contributed by atoms with Gasteiger partial charge in [0.2, 0.25) is 5.60 Å². The Hall–Kier alpha value is -2.86. The highest BCUT2D eigenvalue weighted by atomic mass is 16.6. The Morgan fingerprint density at radius 3 is 1.93 bits per heavy atom. The number of benzene rings is 2. The number of esters is 1. The van der Waals surface area contributed by atoms with E-state index in [1.165, 1.54) is 0 Å². The molecule has 2 aromatic rings. The van der Waals surface area contributed by atoms with Crippen molar-refractivity contribution in [3.63, 3.8) is 0 Å². The van der Waals surface area contributed by atoms with Gasteiger partial charge in [-0.05, 0) is 30.9 Å². The van der Waals surface area contributed by atoms with Gasteiger partial charge in [-0.25, -0.2) is 9.59 Å². The highest BCUT2D eigenvalue weighted by Gasteiger charge is 2.48. The van der Waals surface area contributed by atoms with Gasteiger partial charge in [0.1, 0.15) is 6.10 Å². The molecule has 6 heteroatoms. The molecule has 2 aromatic carbocycles. The number of carbonyl (C=O) groups is 2. The van der Waals surface area contributed by atoms with Gasteiger partial charge < -0.3 is 19.5 Å². The third kappa shape index (κ3) is 3.67. The average molecular weight is 409 g/mol. The molecule has 0 aliphatic carbocycles. The van der Waals surface area contributed by atoms with E-state index in [-0.39, 0.29) is 24.3 Å². The summed E-state index contributed by atoms with van der Waals surface area (Å²) in [6.45, 7) is 2.14. The van der Waals surface area contributed by atoms with E-state index in [0.29, 0.717) is 30.6 Å². The first-order valence-electron chi connectivity index (χ1n) is 10.5. The second kappa shape index (κ2) is 8.48. The second-order valence-electron chi connectivity index (χ2n) is 7.93. The van der Waals surface area contributed by atoms with Crippen LogP contribution in [0, 0.1) is 0 Å². The lowest BCUT2D eigenvalue weighted by molar-refractivity contribution is -0.171. The molecule has 2 aliphatic rings. The van der Waals surface area contributed by atoms with Gasteiger partial charge in [0.25, 0.3) is 0 Å². The summed E-state index contributed by atoms with van der Waals surface area (Å²) in [5.74, 6) is -0.686. The summed E-state index contributed by atoms with van der Waals surface area (Å²) in [6, 6.07) is 17.7. The molecule has 1 amide bonds. The summed E-state index contributed by atoms with van der Waals surface area (Å²) in [4.78, 5) is 27.4. The monoisotopic (exact) mass is 409 g/mol. The third-order valence-corrected chi connectivity index (χ3v) is 6.12. The van der Waals surface area contributed by atoms with Crippen molar-refractivity contribution in [1.29, 1.82) is 0 Å². The number of piperidine rings is 1. The quantitative estimate of drug-likeness (QED) is 0.764. The maximum absolute atomic E-state index is 13.3. The molecule has 2 unspecified atom stereocenters. The van der Waals surface area contributed by atoms with Crippen molar-refractivity contribution in [2.45, 2.75) is 56.4 Å². The standard InChI is InChI=1S/C24H27NO5/c1-2-29-23(27)25-19-13-14-20(25)16-21(15-19)30-22(26)24(28,17-9-5-3-6-10-17)18-11-7-4-8-12-18/h3-12,19-21,28H,2,13-16H2,1H3. The molecular formula is C24H27NO5. The summed E-state index contributed by atoms with van der Waals surface area (Å²) in [6.07, 6.45) is 2.22. The lowest BCUT2D eigenvalue weighted by Gasteiger charge is -2.38. The Labute approximate surface area is 176 Å². The van der Waals surface area contributed by atoms with Crippen LogP contribution in [-0.2, 0) is 19.9 Å². The van der Waals surface area contributed by atoms with Crippen molar-refractivity contribution in [2.24, 2.45) is 0 Å². The van der Waals surface area contributed by atoms with E-state index < -0.39 is 11.6 Å². The highest BCUT2D eigenvalue weighted by Crippen LogP contribution is 2.39.